The monoisotopic (exact) mass is 511 g/mol. The number of methoxy groups -OCH3 is 1. The average Bonchev–Trinajstić information content (AvgIpc) is 3.24. The second kappa shape index (κ2) is 11.9. The fourth-order valence-electron chi connectivity index (χ4n) is 3.72. The third-order valence-corrected chi connectivity index (χ3v) is 6.56. The van der Waals surface area contributed by atoms with Crippen molar-refractivity contribution in [2.45, 2.75) is 13.5 Å². The Bertz CT molecular complexity index is 1620. The predicted octanol–water partition coefficient (Wildman–Crippen LogP) is 3.13. The summed E-state index contributed by atoms with van der Waals surface area (Å²) in [5.74, 6) is 0.595. The first-order chi connectivity index (χ1) is 18.0. The number of nitrogens with zero attached hydrogens (tertiary/aromatic N) is 2. The van der Waals surface area contributed by atoms with E-state index >= 15 is 0 Å². The normalized spacial score (nSPS) is 12.0. The Morgan fingerprint density at radius 3 is 2.41 bits per heavy atom. The van der Waals surface area contributed by atoms with Gasteiger partial charge in [-0.05, 0) is 48.4 Å². The molecule has 0 spiro atoms. The maximum absolute atomic E-state index is 13.6. The van der Waals surface area contributed by atoms with E-state index in [2.05, 4.69) is 5.32 Å². The van der Waals surface area contributed by atoms with E-state index in [9.17, 15) is 14.9 Å². The van der Waals surface area contributed by atoms with E-state index in [1.54, 1.807) is 49.6 Å². The molecule has 0 aliphatic rings. The summed E-state index contributed by atoms with van der Waals surface area (Å²) in [7, 11) is 1.55. The fourth-order valence-corrected chi connectivity index (χ4v) is 4.83. The third-order valence-electron chi connectivity index (χ3n) is 5.47. The Kier molecular flexibility index (Phi) is 8.18. The van der Waals surface area contributed by atoms with Crippen LogP contribution in [-0.2, 0) is 11.3 Å². The number of para-hydroxylation sites is 1. The summed E-state index contributed by atoms with van der Waals surface area (Å²) < 4.78 is 13.0. The van der Waals surface area contributed by atoms with E-state index in [4.69, 9.17) is 9.47 Å². The molecule has 1 aromatic heterocycles. The highest BCUT2D eigenvalue weighted by Gasteiger charge is 2.17. The maximum atomic E-state index is 13.6. The van der Waals surface area contributed by atoms with E-state index in [0.29, 0.717) is 28.3 Å². The number of carbonyl (C=O) groups is 1. The lowest BCUT2D eigenvalue weighted by atomic mass is 10.2. The first-order valence-corrected chi connectivity index (χ1v) is 12.4. The lowest BCUT2D eigenvalue weighted by molar-refractivity contribution is -0.115. The third kappa shape index (κ3) is 5.80. The minimum Gasteiger partial charge on any atom is -0.493 e. The molecular weight excluding hydrogens is 486 g/mol. The van der Waals surface area contributed by atoms with Gasteiger partial charge in [-0.2, -0.15) is 5.26 Å². The van der Waals surface area contributed by atoms with Gasteiger partial charge < -0.3 is 14.8 Å². The van der Waals surface area contributed by atoms with Crippen LogP contribution in [0.1, 0.15) is 18.1 Å². The Morgan fingerprint density at radius 2 is 1.76 bits per heavy atom. The molecule has 186 valence electrons. The standard InChI is InChI=1S/C29H25N3O4S/c1-3-36-24-15-14-21(16-25(24)35-2)17-26-28(34)32(22-12-8-5-9-13-22)29(37-26)23(18-30)27(33)31-19-20-10-6-4-7-11-20/h4-17H,3,19H2,1-2H3,(H,31,33)/b26-17+,29-23-. The lowest BCUT2D eigenvalue weighted by Gasteiger charge is -2.09. The second-order valence-corrected chi connectivity index (χ2v) is 8.92. The van der Waals surface area contributed by atoms with Crippen LogP contribution in [0.25, 0.3) is 17.3 Å². The van der Waals surface area contributed by atoms with Gasteiger partial charge in [-0.3, -0.25) is 14.2 Å². The Morgan fingerprint density at radius 1 is 1.05 bits per heavy atom. The van der Waals surface area contributed by atoms with Gasteiger partial charge in [0.05, 0.1) is 23.9 Å². The molecule has 0 aliphatic carbocycles. The van der Waals surface area contributed by atoms with Gasteiger partial charge in [0.25, 0.3) is 11.5 Å². The number of hydrogen-bond acceptors (Lipinski definition) is 6. The SMILES string of the molecule is CCOc1ccc(/C=c2/s/c(=C(/C#N)C(=O)NCc3ccccc3)n(-c3ccccc3)c2=O)cc1OC. The van der Waals surface area contributed by atoms with Gasteiger partial charge >= 0.3 is 0 Å². The number of benzene rings is 3. The summed E-state index contributed by atoms with van der Waals surface area (Å²) >= 11 is 1.09. The molecule has 0 fully saturated rings. The van der Waals surface area contributed by atoms with Crippen LogP contribution < -0.4 is 29.5 Å². The van der Waals surface area contributed by atoms with Crippen molar-refractivity contribution in [3.05, 3.63) is 110 Å². The zero-order chi connectivity index (χ0) is 26.2. The summed E-state index contributed by atoms with van der Waals surface area (Å²) in [6.07, 6.45) is 1.71. The van der Waals surface area contributed by atoms with Crippen molar-refractivity contribution >= 4 is 28.9 Å². The van der Waals surface area contributed by atoms with Gasteiger partial charge in [-0.1, -0.05) is 54.6 Å². The number of aromatic nitrogens is 1. The zero-order valence-corrected chi connectivity index (χ0v) is 21.2. The van der Waals surface area contributed by atoms with Crippen molar-refractivity contribution < 1.29 is 14.3 Å². The molecule has 0 aliphatic heterocycles. The van der Waals surface area contributed by atoms with E-state index in [1.807, 2.05) is 55.5 Å². The van der Waals surface area contributed by atoms with Gasteiger partial charge in [0.1, 0.15) is 10.7 Å². The number of nitrogens with one attached hydrogen (secondary N) is 1. The van der Waals surface area contributed by atoms with Crippen molar-refractivity contribution in [2.75, 3.05) is 13.7 Å². The van der Waals surface area contributed by atoms with Gasteiger partial charge in [0.15, 0.2) is 17.1 Å². The van der Waals surface area contributed by atoms with Crippen LogP contribution in [0.4, 0.5) is 0 Å². The van der Waals surface area contributed by atoms with Crippen molar-refractivity contribution in [3.8, 4) is 23.3 Å². The number of ether oxygens (including phenoxy) is 2. The van der Waals surface area contributed by atoms with E-state index in [0.717, 1.165) is 22.5 Å². The highest BCUT2D eigenvalue weighted by Crippen LogP contribution is 2.28. The van der Waals surface area contributed by atoms with Crippen molar-refractivity contribution in [3.63, 3.8) is 0 Å². The van der Waals surface area contributed by atoms with Gasteiger partial charge in [0, 0.05) is 6.54 Å². The van der Waals surface area contributed by atoms with Gasteiger partial charge in [-0.25, -0.2) is 0 Å². The number of thiazole rings is 1. The minimum atomic E-state index is -0.549. The summed E-state index contributed by atoms with van der Waals surface area (Å²) in [4.78, 5) is 26.6. The van der Waals surface area contributed by atoms with Crippen LogP contribution in [0.3, 0.4) is 0 Å². The van der Waals surface area contributed by atoms with E-state index in [-0.39, 0.29) is 22.3 Å². The molecule has 1 N–H and O–H groups in total. The van der Waals surface area contributed by atoms with Crippen LogP contribution in [0.15, 0.2) is 83.7 Å². The fraction of sp³-hybridized carbons (Fsp3) is 0.138. The molecule has 0 saturated carbocycles. The first kappa shape index (κ1) is 25.5. The molecule has 0 bridgehead atoms. The molecule has 3 aromatic carbocycles. The summed E-state index contributed by atoms with van der Waals surface area (Å²) in [6, 6.07) is 25.8. The molecule has 0 saturated heterocycles. The van der Waals surface area contributed by atoms with Crippen LogP contribution >= 0.6 is 11.3 Å². The number of carbonyl (C=O) groups excluding carboxylic acids is 1. The van der Waals surface area contributed by atoms with Crippen molar-refractivity contribution in [1.29, 1.82) is 5.26 Å². The Balaban J connectivity index is 1.86. The molecule has 4 rings (SSSR count). The molecule has 4 aromatic rings. The van der Waals surface area contributed by atoms with Crippen LogP contribution in [0, 0.1) is 11.3 Å². The first-order valence-electron chi connectivity index (χ1n) is 11.6. The lowest BCUT2D eigenvalue weighted by Crippen LogP contribution is -2.33. The molecule has 7 nitrogen and oxygen atoms in total. The summed E-state index contributed by atoms with van der Waals surface area (Å²) in [5.41, 5.74) is 1.72. The Hall–Kier alpha value is -4.61. The van der Waals surface area contributed by atoms with E-state index in [1.165, 1.54) is 4.57 Å². The highest BCUT2D eigenvalue weighted by atomic mass is 32.1. The van der Waals surface area contributed by atoms with Gasteiger partial charge in [-0.15, -0.1) is 11.3 Å². The molecule has 37 heavy (non-hydrogen) atoms. The van der Waals surface area contributed by atoms with Crippen LogP contribution in [0.2, 0.25) is 0 Å². The number of rotatable bonds is 8. The van der Waals surface area contributed by atoms with E-state index < -0.39 is 5.91 Å². The highest BCUT2D eigenvalue weighted by molar-refractivity contribution is 7.07. The number of hydrogen-bond donors (Lipinski definition) is 1. The molecule has 1 amide bonds. The molecule has 0 unspecified atom stereocenters. The van der Waals surface area contributed by atoms with Crippen LogP contribution in [-0.4, -0.2) is 24.2 Å². The van der Waals surface area contributed by atoms with Crippen molar-refractivity contribution in [2.24, 2.45) is 0 Å². The predicted molar refractivity (Wildman–Crippen MR) is 144 cm³/mol. The van der Waals surface area contributed by atoms with Gasteiger partial charge in [0.2, 0.25) is 0 Å². The quantitative estimate of drug-likeness (QED) is 0.392. The topological polar surface area (TPSA) is 93.4 Å². The molecule has 0 atom stereocenters. The molecule has 1 heterocycles. The molecule has 0 radical (unpaired) electrons. The summed E-state index contributed by atoms with van der Waals surface area (Å²) in [6.45, 7) is 2.64. The Labute approximate surface area is 218 Å². The second-order valence-electron chi connectivity index (χ2n) is 7.89. The smallest absolute Gasteiger partial charge is 0.273 e. The maximum Gasteiger partial charge on any atom is 0.273 e. The zero-order valence-electron chi connectivity index (χ0n) is 20.4. The minimum absolute atomic E-state index is 0.134. The largest absolute Gasteiger partial charge is 0.493 e. The average molecular weight is 512 g/mol. The number of nitriles is 1. The molecular formula is C29H25N3O4S. The van der Waals surface area contributed by atoms with Crippen LogP contribution in [0.5, 0.6) is 11.5 Å². The number of amides is 1. The molecule has 8 heteroatoms. The van der Waals surface area contributed by atoms with Crippen molar-refractivity contribution in [1.82, 2.24) is 9.88 Å². The summed E-state index contributed by atoms with van der Waals surface area (Å²) in [5, 5.41) is 12.8.